The van der Waals surface area contributed by atoms with E-state index in [1.807, 2.05) is 6.07 Å². The minimum atomic E-state index is -0.180. The predicted molar refractivity (Wildman–Crippen MR) is 165 cm³/mol. The van der Waals surface area contributed by atoms with Gasteiger partial charge in [0.2, 0.25) is 0 Å². The number of likely N-dealkylation sites (tertiary alicyclic amines) is 1. The van der Waals surface area contributed by atoms with Crippen molar-refractivity contribution in [2.45, 2.75) is 82.7 Å². The average molecular weight is 607 g/mol. The van der Waals surface area contributed by atoms with Gasteiger partial charge in [-0.05, 0) is 35.6 Å². The number of hydrogen-bond acceptors (Lipinski definition) is 4. The van der Waals surface area contributed by atoms with E-state index in [1.165, 1.54) is 55.2 Å². The quantitative estimate of drug-likeness (QED) is 0.186. The third-order valence-electron chi connectivity index (χ3n) is 8.54. The van der Waals surface area contributed by atoms with E-state index < -0.39 is 0 Å². The molecule has 0 amide bonds. The lowest BCUT2D eigenvalue weighted by atomic mass is 9.86. The Morgan fingerprint density at radius 3 is 1.65 bits per heavy atom. The number of rotatable bonds is 13. The molecule has 4 nitrogen and oxygen atoms in total. The Kier molecular flexibility index (Phi) is 11.7. The summed E-state index contributed by atoms with van der Waals surface area (Å²) in [5.41, 5.74) is 3.53. The Labute approximate surface area is 249 Å². The van der Waals surface area contributed by atoms with Crippen molar-refractivity contribution in [2.75, 3.05) is 18.4 Å². The van der Waals surface area contributed by atoms with Gasteiger partial charge in [0.25, 0.3) is 0 Å². The maximum Gasteiger partial charge on any atom is 0.113 e. The highest BCUT2D eigenvalue weighted by atomic mass is 79.9. The molecule has 40 heavy (non-hydrogen) atoms. The minimum absolute atomic E-state index is 0.0913. The highest BCUT2D eigenvalue weighted by Gasteiger charge is 2.45. The molecule has 1 aliphatic heterocycles. The molecule has 1 heterocycles. The molecule has 1 saturated heterocycles. The standard InChI is InChI=1S/C35H44BrNO3/c36-23-32-34(39-26-30-17-9-3-10-18-30)35(40-27-31-19-11-4-12-20-31)33(38-25-29-15-7-2-8-16-29)24-37(32)22-21-28-13-5-1-6-14-28/h2-4,7-12,15-20,28,32-35H,1,5-6,13-14,21-27H2/t32-,33+,34-,35-/m1/s1. The van der Waals surface area contributed by atoms with Gasteiger partial charge in [0, 0.05) is 17.9 Å². The fraction of sp³-hybridized carbons (Fsp3) is 0.486. The summed E-state index contributed by atoms with van der Waals surface area (Å²) in [5.74, 6) is 0.837. The van der Waals surface area contributed by atoms with E-state index in [2.05, 4.69) is 106 Å². The summed E-state index contributed by atoms with van der Waals surface area (Å²) in [4.78, 5) is 2.62. The third-order valence-corrected chi connectivity index (χ3v) is 9.20. The smallest absolute Gasteiger partial charge is 0.113 e. The summed E-state index contributed by atoms with van der Waals surface area (Å²) >= 11 is 3.89. The fourth-order valence-electron chi connectivity index (χ4n) is 6.24. The van der Waals surface area contributed by atoms with Gasteiger partial charge in [0.05, 0.1) is 25.9 Å². The summed E-state index contributed by atoms with van der Waals surface area (Å²) in [5, 5.41) is 0.841. The molecule has 0 spiro atoms. The second-order valence-corrected chi connectivity index (χ2v) is 12.0. The monoisotopic (exact) mass is 605 g/mol. The second kappa shape index (κ2) is 15.8. The van der Waals surface area contributed by atoms with Gasteiger partial charge in [-0.2, -0.15) is 0 Å². The molecule has 0 aromatic heterocycles. The Balaban J connectivity index is 1.37. The van der Waals surface area contributed by atoms with E-state index in [-0.39, 0.29) is 24.4 Å². The molecule has 2 fully saturated rings. The number of hydrogen-bond donors (Lipinski definition) is 0. The maximum atomic E-state index is 6.80. The first-order valence-corrected chi connectivity index (χ1v) is 16.2. The van der Waals surface area contributed by atoms with Gasteiger partial charge in [0.15, 0.2) is 0 Å². The van der Waals surface area contributed by atoms with Crippen LogP contribution in [0.2, 0.25) is 0 Å². The zero-order chi connectivity index (χ0) is 27.4. The summed E-state index contributed by atoms with van der Waals surface area (Å²) in [6, 6.07) is 31.6. The molecule has 1 saturated carbocycles. The molecule has 3 aromatic rings. The van der Waals surface area contributed by atoms with Gasteiger partial charge in [0.1, 0.15) is 12.2 Å². The Morgan fingerprint density at radius 1 is 0.625 bits per heavy atom. The molecule has 1 aliphatic carbocycles. The third kappa shape index (κ3) is 8.50. The van der Waals surface area contributed by atoms with Gasteiger partial charge >= 0.3 is 0 Å². The van der Waals surface area contributed by atoms with Crippen molar-refractivity contribution in [3.63, 3.8) is 0 Å². The lowest BCUT2D eigenvalue weighted by Crippen LogP contribution is -2.64. The molecular formula is C35H44BrNO3. The molecule has 0 bridgehead atoms. The summed E-state index contributed by atoms with van der Waals surface area (Å²) in [6.07, 6.45) is 7.76. The van der Waals surface area contributed by atoms with Crippen molar-refractivity contribution in [3.8, 4) is 0 Å². The highest BCUT2D eigenvalue weighted by molar-refractivity contribution is 9.09. The number of alkyl halides is 1. The van der Waals surface area contributed by atoms with Gasteiger partial charge in [-0.25, -0.2) is 0 Å². The van der Waals surface area contributed by atoms with Gasteiger partial charge in [-0.3, -0.25) is 4.90 Å². The molecule has 0 N–H and O–H groups in total. The molecular weight excluding hydrogens is 562 g/mol. The highest BCUT2D eigenvalue weighted by Crippen LogP contribution is 2.32. The molecule has 2 aliphatic rings. The number of piperidine rings is 1. The van der Waals surface area contributed by atoms with Crippen LogP contribution in [-0.4, -0.2) is 47.7 Å². The Morgan fingerprint density at radius 2 is 1.12 bits per heavy atom. The van der Waals surface area contributed by atoms with Crippen LogP contribution in [0, 0.1) is 5.92 Å². The summed E-state index contributed by atoms with van der Waals surface area (Å²) in [6.45, 7) is 3.59. The molecule has 214 valence electrons. The van der Waals surface area contributed by atoms with Crippen LogP contribution in [0.5, 0.6) is 0 Å². The normalized spacial score (nSPS) is 24.2. The van der Waals surface area contributed by atoms with E-state index in [4.69, 9.17) is 14.2 Å². The number of ether oxygens (including phenoxy) is 3. The number of halogens is 1. The first-order valence-electron chi connectivity index (χ1n) is 15.1. The lowest BCUT2D eigenvalue weighted by molar-refractivity contribution is -0.200. The van der Waals surface area contributed by atoms with E-state index in [9.17, 15) is 0 Å². The van der Waals surface area contributed by atoms with Crippen molar-refractivity contribution in [2.24, 2.45) is 5.92 Å². The van der Waals surface area contributed by atoms with Gasteiger partial charge in [-0.15, -0.1) is 0 Å². The van der Waals surface area contributed by atoms with E-state index in [0.717, 1.165) is 24.3 Å². The van der Waals surface area contributed by atoms with Crippen LogP contribution >= 0.6 is 15.9 Å². The van der Waals surface area contributed by atoms with Crippen LogP contribution in [0.4, 0.5) is 0 Å². The number of benzene rings is 3. The maximum absolute atomic E-state index is 6.80. The molecule has 5 rings (SSSR count). The topological polar surface area (TPSA) is 30.9 Å². The SMILES string of the molecule is BrC[C@@H]1[C@@H](OCc2ccccc2)[C@H](OCc2ccccc2)[C@@H](OCc2ccccc2)CN1CCC1CCCCC1. The largest absolute Gasteiger partial charge is 0.369 e. The second-order valence-electron chi connectivity index (χ2n) is 11.4. The fourth-order valence-corrected chi connectivity index (χ4v) is 7.02. The van der Waals surface area contributed by atoms with E-state index >= 15 is 0 Å². The zero-order valence-corrected chi connectivity index (χ0v) is 25.2. The molecule has 0 radical (unpaired) electrons. The average Bonchev–Trinajstić information content (AvgIpc) is 3.02. The summed E-state index contributed by atoms with van der Waals surface area (Å²) < 4.78 is 20.3. The number of nitrogens with zero attached hydrogens (tertiary/aromatic N) is 1. The van der Waals surface area contributed by atoms with Gasteiger partial charge in [-0.1, -0.05) is 139 Å². The Hall–Kier alpha value is -2.02. The Bertz CT molecular complexity index is 1090. The molecule has 3 aromatic carbocycles. The molecule has 5 heteroatoms. The molecule has 4 atom stereocenters. The van der Waals surface area contributed by atoms with Gasteiger partial charge < -0.3 is 14.2 Å². The first-order chi connectivity index (χ1) is 19.8. The lowest BCUT2D eigenvalue weighted by Gasteiger charge is -2.48. The van der Waals surface area contributed by atoms with Crippen molar-refractivity contribution < 1.29 is 14.2 Å². The van der Waals surface area contributed by atoms with E-state index in [0.29, 0.717) is 19.8 Å². The van der Waals surface area contributed by atoms with Crippen molar-refractivity contribution in [3.05, 3.63) is 108 Å². The summed E-state index contributed by atoms with van der Waals surface area (Å²) in [7, 11) is 0. The van der Waals surface area contributed by atoms with Crippen LogP contribution < -0.4 is 0 Å². The van der Waals surface area contributed by atoms with Crippen molar-refractivity contribution in [1.82, 2.24) is 4.90 Å². The van der Waals surface area contributed by atoms with Crippen LogP contribution in [-0.2, 0) is 34.0 Å². The van der Waals surface area contributed by atoms with Crippen molar-refractivity contribution >= 4 is 15.9 Å². The van der Waals surface area contributed by atoms with Crippen molar-refractivity contribution in [1.29, 1.82) is 0 Å². The molecule has 0 unspecified atom stereocenters. The predicted octanol–water partition coefficient (Wildman–Crippen LogP) is 7.79. The van der Waals surface area contributed by atoms with Crippen LogP contribution in [0.1, 0.15) is 55.2 Å². The van der Waals surface area contributed by atoms with Crippen LogP contribution in [0.3, 0.4) is 0 Å². The van der Waals surface area contributed by atoms with Crippen LogP contribution in [0.15, 0.2) is 91.0 Å². The first kappa shape index (κ1) is 29.5. The van der Waals surface area contributed by atoms with E-state index in [1.54, 1.807) is 0 Å². The minimum Gasteiger partial charge on any atom is -0.369 e. The van der Waals surface area contributed by atoms with Crippen LogP contribution in [0.25, 0.3) is 0 Å². The zero-order valence-electron chi connectivity index (χ0n) is 23.6.